The molecule has 1 saturated heterocycles. The molecule has 0 radical (unpaired) electrons. The molecular weight excluding hydrogens is 302 g/mol. The van der Waals surface area contributed by atoms with Crippen molar-refractivity contribution < 1.29 is 13.2 Å². The fraction of sp³-hybridized carbons (Fsp3) is 0.533. The Labute approximate surface area is 131 Å². The normalized spacial score (nSPS) is 17.4. The minimum Gasteiger partial charge on any atom is -0.355 e. The van der Waals surface area contributed by atoms with E-state index in [9.17, 15) is 13.2 Å². The van der Waals surface area contributed by atoms with Crippen LogP contribution in [0.2, 0.25) is 0 Å². The number of carbonyl (C=O) groups is 1. The third kappa shape index (κ3) is 3.66. The molecule has 0 atom stereocenters. The van der Waals surface area contributed by atoms with Crippen molar-refractivity contribution >= 4 is 15.9 Å². The van der Waals surface area contributed by atoms with Gasteiger partial charge in [0.05, 0.1) is 4.90 Å². The first kappa shape index (κ1) is 16.9. The van der Waals surface area contributed by atoms with Crippen molar-refractivity contribution in [2.75, 3.05) is 33.7 Å². The van der Waals surface area contributed by atoms with Crippen molar-refractivity contribution in [2.45, 2.75) is 17.7 Å². The summed E-state index contributed by atoms with van der Waals surface area (Å²) in [5, 5.41) is 5.65. The molecule has 0 bridgehead atoms. The molecule has 122 valence electrons. The first-order valence-corrected chi connectivity index (χ1v) is 8.90. The van der Waals surface area contributed by atoms with Gasteiger partial charge in [-0.05, 0) is 56.6 Å². The van der Waals surface area contributed by atoms with Crippen LogP contribution in [-0.2, 0) is 10.0 Å². The summed E-state index contributed by atoms with van der Waals surface area (Å²) in [7, 11) is -0.0106. The summed E-state index contributed by atoms with van der Waals surface area (Å²) in [5.41, 5.74) is 0.453. The second-order valence-electron chi connectivity index (χ2n) is 5.51. The molecule has 1 aromatic rings. The van der Waals surface area contributed by atoms with Crippen molar-refractivity contribution in [3.8, 4) is 0 Å². The number of sulfonamides is 1. The Kier molecular flexibility index (Phi) is 5.55. The van der Waals surface area contributed by atoms with Gasteiger partial charge in [0.2, 0.25) is 10.0 Å². The maximum Gasteiger partial charge on any atom is 0.251 e. The molecule has 7 heteroatoms. The van der Waals surface area contributed by atoms with Crippen LogP contribution in [0.1, 0.15) is 23.2 Å². The zero-order valence-electron chi connectivity index (χ0n) is 13.0. The summed E-state index contributed by atoms with van der Waals surface area (Å²) in [6, 6.07) is 6.08. The maximum absolute atomic E-state index is 12.6. The number of nitrogens with zero attached hydrogens (tertiary/aromatic N) is 1. The number of amides is 1. The number of benzene rings is 1. The molecule has 1 aliphatic heterocycles. The summed E-state index contributed by atoms with van der Waals surface area (Å²) < 4.78 is 26.8. The highest BCUT2D eigenvalue weighted by Gasteiger charge is 2.29. The van der Waals surface area contributed by atoms with Gasteiger partial charge in [0.1, 0.15) is 0 Å². The Morgan fingerprint density at radius 3 is 2.27 bits per heavy atom. The third-order valence-electron chi connectivity index (χ3n) is 4.05. The quantitative estimate of drug-likeness (QED) is 0.834. The Morgan fingerprint density at radius 2 is 1.77 bits per heavy atom. The monoisotopic (exact) mass is 325 g/mol. The maximum atomic E-state index is 12.6. The minimum atomic E-state index is -3.47. The molecule has 0 aromatic heterocycles. The van der Waals surface area contributed by atoms with Crippen molar-refractivity contribution in [3.63, 3.8) is 0 Å². The first-order valence-electron chi connectivity index (χ1n) is 7.46. The van der Waals surface area contributed by atoms with E-state index in [1.807, 2.05) is 7.05 Å². The number of carbonyl (C=O) groups excluding carboxylic acids is 1. The smallest absolute Gasteiger partial charge is 0.251 e. The van der Waals surface area contributed by atoms with E-state index >= 15 is 0 Å². The van der Waals surface area contributed by atoms with Crippen LogP contribution in [0.5, 0.6) is 0 Å². The Hall–Kier alpha value is -1.44. The van der Waals surface area contributed by atoms with Gasteiger partial charge in [-0.25, -0.2) is 8.42 Å². The van der Waals surface area contributed by atoms with Gasteiger partial charge in [-0.1, -0.05) is 0 Å². The van der Waals surface area contributed by atoms with E-state index in [4.69, 9.17) is 0 Å². The molecule has 2 rings (SSSR count). The van der Waals surface area contributed by atoms with Crippen LogP contribution in [0.4, 0.5) is 0 Å². The summed E-state index contributed by atoms with van der Waals surface area (Å²) in [5.74, 6) is 0.309. The standard InChI is InChI=1S/C15H23N3O3S/c1-16-11-12-7-9-18(10-8-12)22(20,21)14-5-3-13(4-6-14)15(19)17-2/h3-6,12,16H,7-11H2,1-2H3,(H,17,19). The van der Waals surface area contributed by atoms with Crippen molar-refractivity contribution in [2.24, 2.45) is 5.92 Å². The SMILES string of the molecule is CNCC1CCN(S(=O)(=O)c2ccc(C(=O)NC)cc2)CC1. The van der Waals surface area contributed by atoms with Crippen molar-refractivity contribution in [1.29, 1.82) is 0 Å². The summed E-state index contributed by atoms with van der Waals surface area (Å²) >= 11 is 0. The highest BCUT2D eigenvalue weighted by Crippen LogP contribution is 2.23. The highest BCUT2D eigenvalue weighted by atomic mass is 32.2. The van der Waals surface area contributed by atoms with E-state index < -0.39 is 10.0 Å². The Balaban J connectivity index is 2.09. The second-order valence-corrected chi connectivity index (χ2v) is 7.45. The number of hydrogen-bond acceptors (Lipinski definition) is 4. The summed E-state index contributed by atoms with van der Waals surface area (Å²) in [4.78, 5) is 11.7. The topological polar surface area (TPSA) is 78.5 Å². The molecule has 1 heterocycles. The third-order valence-corrected chi connectivity index (χ3v) is 5.96. The predicted molar refractivity (Wildman–Crippen MR) is 85.2 cm³/mol. The highest BCUT2D eigenvalue weighted by molar-refractivity contribution is 7.89. The molecule has 0 unspecified atom stereocenters. The summed E-state index contributed by atoms with van der Waals surface area (Å²) in [6.07, 6.45) is 1.74. The van der Waals surface area contributed by atoms with Gasteiger partial charge in [-0.2, -0.15) is 4.31 Å². The van der Waals surface area contributed by atoms with E-state index in [2.05, 4.69) is 10.6 Å². The lowest BCUT2D eigenvalue weighted by atomic mass is 9.98. The lowest BCUT2D eigenvalue weighted by molar-refractivity contribution is 0.0963. The molecule has 1 aromatic carbocycles. The van der Waals surface area contributed by atoms with Crippen molar-refractivity contribution in [3.05, 3.63) is 29.8 Å². The van der Waals surface area contributed by atoms with Crippen LogP contribution < -0.4 is 10.6 Å². The molecule has 0 spiro atoms. The fourth-order valence-electron chi connectivity index (χ4n) is 2.71. The zero-order chi connectivity index (χ0) is 16.2. The zero-order valence-corrected chi connectivity index (χ0v) is 13.8. The van der Waals surface area contributed by atoms with Crippen LogP contribution in [0, 0.1) is 5.92 Å². The number of rotatable bonds is 5. The fourth-order valence-corrected chi connectivity index (χ4v) is 4.18. The van der Waals surface area contributed by atoms with Gasteiger partial charge in [-0.15, -0.1) is 0 Å². The number of nitrogens with one attached hydrogen (secondary N) is 2. The molecular formula is C15H23N3O3S. The average molecular weight is 325 g/mol. The van der Waals surface area contributed by atoms with Gasteiger partial charge >= 0.3 is 0 Å². The van der Waals surface area contributed by atoms with Gasteiger partial charge in [0, 0.05) is 25.7 Å². The lowest BCUT2D eigenvalue weighted by Crippen LogP contribution is -2.40. The van der Waals surface area contributed by atoms with Gasteiger partial charge in [0.25, 0.3) is 5.91 Å². The number of piperidine rings is 1. The average Bonchev–Trinajstić information content (AvgIpc) is 2.55. The van der Waals surface area contributed by atoms with Crippen molar-refractivity contribution in [1.82, 2.24) is 14.9 Å². The van der Waals surface area contributed by atoms with Crippen LogP contribution in [0.15, 0.2) is 29.2 Å². The number of hydrogen-bond donors (Lipinski definition) is 2. The molecule has 6 nitrogen and oxygen atoms in total. The van der Waals surface area contributed by atoms with Gasteiger partial charge < -0.3 is 10.6 Å². The molecule has 0 aliphatic carbocycles. The minimum absolute atomic E-state index is 0.225. The molecule has 0 saturated carbocycles. The summed E-state index contributed by atoms with van der Waals surface area (Å²) in [6.45, 7) is 2.02. The lowest BCUT2D eigenvalue weighted by Gasteiger charge is -2.31. The predicted octanol–water partition coefficient (Wildman–Crippen LogP) is 0.666. The largest absolute Gasteiger partial charge is 0.355 e. The second kappa shape index (κ2) is 7.21. The van der Waals surface area contributed by atoms with E-state index in [0.717, 1.165) is 19.4 Å². The van der Waals surface area contributed by atoms with E-state index in [-0.39, 0.29) is 10.8 Å². The molecule has 2 N–H and O–H groups in total. The van der Waals surface area contributed by atoms with Crippen LogP contribution in [0.3, 0.4) is 0 Å². The molecule has 22 heavy (non-hydrogen) atoms. The van der Waals surface area contributed by atoms with E-state index in [1.54, 1.807) is 19.2 Å². The Morgan fingerprint density at radius 1 is 1.18 bits per heavy atom. The van der Waals surface area contributed by atoms with Gasteiger partial charge in [-0.3, -0.25) is 4.79 Å². The van der Waals surface area contributed by atoms with Crippen LogP contribution in [-0.4, -0.2) is 52.4 Å². The van der Waals surface area contributed by atoms with E-state index in [1.165, 1.54) is 16.4 Å². The molecule has 1 aliphatic rings. The molecule has 1 amide bonds. The van der Waals surface area contributed by atoms with Crippen LogP contribution >= 0.6 is 0 Å². The Bertz CT molecular complexity index is 605. The molecule has 1 fully saturated rings. The first-order chi connectivity index (χ1) is 10.5. The van der Waals surface area contributed by atoms with Gasteiger partial charge in [0.15, 0.2) is 0 Å². The van der Waals surface area contributed by atoms with E-state index in [0.29, 0.717) is 24.6 Å². The van der Waals surface area contributed by atoms with Crippen LogP contribution in [0.25, 0.3) is 0 Å².